The molecule has 2 N–H and O–H groups in total. The van der Waals surface area contributed by atoms with Gasteiger partial charge in [-0.25, -0.2) is 4.79 Å². The van der Waals surface area contributed by atoms with E-state index < -0.39 is 28.7 Å². The number of amides is 2. The van der Waals surface area contributed by atoms with Gasteiger partial charge >= 0.3 is 5.97 Å². The molecule has 1 aromatic rings. The summed E-state index contributed by atoms with van der Waals surface area (Å²) in [6.45, 7) is 3.58. The van der Waals surface area contributed by atoms with E-state index in [1.807, 2.05) is 0 Å². The van der Waals surface area contributed by atoms with Crippen LogP contribution in [0.15, 0.2) is 28.9 Å². The minimum atomic E-state index is -1.03. The SMILES string of the molecule is CC1(C)S[C@@H]2C(NC(=O)/C=C/c3ccco3)C(=O)N2[C@H]1C(=O)O. The van der Waals surface area contributed by atoms with Crippen LogP contribution in [-0.2, 0) is 14.4 Å². The Balaban J connectivity index is 1.66. The number of carboxylic acids is 1. The van der Waals surface area contributed by atoms with Gasteiger partial charge in [-0.2, -0.15) is 0 Å². The van der Waals surface area contributed by atoms with Crippen LogP contribution < -0.4 is 5.32 Å². The first-order valence-corrected chi connectivity index (χ1v) is 7.94. The van der Waals surface area contributed by atoms with Crippen LogP contribution in [0.5, 0.6) is 0 Å². The largest absolute Gasteiger partial charge is 0.480 e. The summed E-state index contributed by atoms with van der Waals surface area (Å²) in [6, 6.07) is 1.83. The Morgan fingerprint density at radius 3 is 2.83 bits per heavy atom. The highest BCUT2D eigenvalue weighted by molar-refractivity contribution is 8.01. The molecule has 1 aromatic heterocycles. The molecule has 0 saturated carbocycles. The Morgan fingerprint density at radius 2 is 2.22 bits per heavy atom. The third-order valence-corrected chi connectivity index (χ3v) is 5.49. The van der Waals surface area contributed by atoms with Crippen LogP contribution in [-0.4, -0.2) is 50.0 Å². The molecule has 3 heterocycles. The van der Waals surface area contributed by atoms with Crippen molar-refractivity contribution in [2.75, 3.05) is 0 Å². The van der Waals surface area contributed by atoms with Gasteiger partial charge in [-0.05, 0) is 32.1 Å². The number of hydrogen-bond donors (Lipinski definition) is 2. The molecular formula is C15H16N2O5S. The van der Waals surface area contributed by atoms with Crippen LogP contribution in [0.4, 0.5) is 0 Å². The Kier molecular flexibility index (Phi) is 3.71. The van der Waals surface area contributed by atoms with Crippen LogP contribution in [0.1, 0.15) is 19.6 Å². The van der Waals surface area contributed by atoms with Crippen molar-refractivity contribution in [1.29, 1.82) is 0 Å². The van der Waals surface area contributed by atoms with Crippen molar-refractivity contribution in [2.24, 2.45) is 0 Å². The van der Waals surface area contributed by atoms with Crippen molar-refractivity contribution in [3.05, 3.63) is 30.2 Å². The lowest BCUT2D eigenvalue weighted by Gasteiger charge is -2.43. The number of hydrogen-bond acceptors (Lipinski definition) is 5. The maximum absolute atomic E-state index is 12.2. The molecule has 2 fully saturated rings. The van der Waals surface area contributed by atoms with E-state index in [4.69, 9.17) is 4.42 Å². The molecule has 122 valence electrons. The highest BCUT2D eigenvalue weighted by Gasteiger charge is 2.64. The van der Waals surface area contributed by atoms with Gasteiger partial charge in [0.25, 0.3) is 0 Å². The van der Waals surface area contributed by atoms with Gasteiger partial charge in [-0.3, -0.25) is 9.59 Å². The Bertz CT molecular complexity index is 682. The minimum absolute atomic E-state index is 0.348. The normalized spacial score (nSPS) is 28.5. The van der Waals surface area contributed by atoms with Crippen LogP contribution >= 0.6 is 11.8 Å². The number of carbonyl (C=O) groups excluding carboxylic acids is 2. The smallest absolute Gasteiger partial charge is 0.327 e. The molecule has 2 aliphatic rings. The number of rotatable bonds is 4. The van der Waals surface area contributed by atoms with Gasteiger partial charge in [0, 0.05) is 10.8 Å². The highest BCUT2D eigenvalue weighted by Crippen LogP contribution is 2.50. The number of β-lactam (4-membered cyclic amide) rings is 1. The fraction of sp³-hybridized carbons (Fsp3) is 0.400. The van der Waals surface area contributed by atoms with Gasteiger partial charge < -0.3 is 19.7 Å². The van der Waals surface area contributed by atoms with Gasteiger partial charge in [0.1, 0.15) is 23.2 Å². The van der Waals surface area contributed by atoms with E-state index in [0.717, 1.165) is 0 Å². The summed E-state index contributed by atoms with van der Waals surface area (Å²) in [4.78, 5) is 36.9. The number of nitrogens with one attached hydrogen (secondary N) is 1. The number of aliphatic carboxylic acids is 1. The average molecular weight is 336 g/mol. The van der Waals surface area contributed by atoms with E-state index in [1.165, 1.54) is 35.1 Å². The first-order chi connectivity index (χ1) is 10.8. The lowest BCUT2D eigenvalue weighted by molar-refractivity contribution is -0.160. The molecule has 0 spiro atoms. The van der Waals surface area contributed by atoms with Crippen molar-refractivity contribution < 1.29 is 23.9 Å². The monoisotopic (exact) mass is 336 g/mol. The summed E-state index contributed by atoms with van der Waals surface area (Å²) < 4.78 is 4.47. The molecule has 2 aliphatic heterocycles. The van der Waals surface area contributed by atoms with Gasteiger partial charge in [-0.15, -0.1) is 11.8 Å². The van der Waals surface area contributed by atoms with Crippen LogP contribution in [0.3, 0.4) is 0 Å². The molecule has 3 atom stereocenters. The van der Waals surface area contributed by atoms with Crippen molar-refractivity contribution in [1.82, 2.24) is 10.2 Å². The van der Waals surface area contributed by atoms with Gasteiger partial charge in [0.2, 0.25) is 11.8 Å². The minimum Gasteiger partial charge on any atom is -0.480 e. The first kappa shape index (κ1) is 15.7. The first-order valence-electron chi connectivity index (χ1n) is 7.06. The van der Waals surface area contributed by atoms with Crippen molar-refractivity contribution in [3.8, 4) is 0 Å². The molecule has 3 rings (SSSR count). The molecule has 8 heteroatoms. The topological polar surface area (TPSA) is 99.9 Å². The Morgan fingerprint density at radius 1 is 1.48 bits per heavy atom. The van der Waals surface area contributed by atoms with Gasteiger partial charge in [0.05, 0.1) is 6.26 Å². The highest BCUT2D eigenvalue weighted by atomic mass is 32.2. The number of furan rings is 1. The van der Waals surface area contributed by atoms with Gasteiger partial charge in [-0.1, -0.05) is 0 Å². The summed E-state index contributed by atoms with van der Waals surface area (Å²) in [5, 5.41) is 11.6. The molecular weight excluding hydrogens is 320 g/mol. The molecule has 2 saturated heterocycles. The summed E-state index contributed by atoms with van der Waals surface area (Å²) in [6.07, 6.45) is 4.28. The van der Waals surface area contributed by atoms with E-state index >= 15 is 0 Å². The summed E-state index contributed by atoms with van der Waals surface area (Å²) in [5.74, 6) is -1.28. The maximum Gasteiger partial charge on any atom is 0.327 e. The van der Waals surface area contributed by atoms with Crippen LogP contribution in [0.2, 0.25) is 0 Å². The third kappa shape index (κ3) is 2.63. The predicted octanol–water partition coefficient (Wildman–Crippen LogP) is 0.924. The lowest BCUT2D eigenvalue weighted by atomic mass is 9.96. The van der Waals surface area contributed by atoms with E-state index in [2.05, 4.69) is 5.32 Å². The van der Waals surface area contributed by atoms with Crippen molar-refractivity contribution in [2.45, 2.75) is 36.1 Å². The van der Waals surface area contributed by atoms with Crippen molar-refractivity contribution in [3.63, 3.8) is 0 Å². The molecule has 7 nitrogen and oxygen atoms in total. The molecule has 2 amide bonds. The van der Waals surface area contributed by atoms with E-state index in [0.29, 0.717) is 5.76 Å². The summed E-state index contributed by atoms with van der Waals surface area (Å²) in [7, 11) is 0. The Labute approximate surface area is 136 Å². The van der Waals surface area contributed by atoms with Crippen molar-refractivity contribution >= 4 is 35.6 Å². The summed E-state index contributed by atoms with van der Waals surface area (Å²) in [5.41, 5.74) is 0. The second-order valence-electron chi connectivity index (χ2n) is 5.93. The van der Waals surface area contributed by atoms with E-state index in [-0.39, 0.29) is 11.3 Å². The molecule has 0 aromatic carbocycles. The number of thioether (sulfide) groups is 1. The molecule has 1 unspecified atom stereocenters. The second-order valence-corrected chi connectivity index (χ2v) is 7.70. The Hall–Kier alpha value is -2.22. The average Bonchev–Trinajstić information content (AvgIpc) is 3.06. The second kappa shape index (κ2) is 5.45. The fourth-order valence-corrected chi connectivity index (χ4v) is 4.52. The zero-order chi connectivity index (χ0) is 16.8. The summed E-state index contributed by atoms with van der Waals surface area (Å²) >= 11 is 1.39. The predicted molar refractivity (Wildman–Crippen MR) is 83.4 cm³/mol. The van der Waals surface area contributed by atoms with Gasteiger partial charge in [0.15, 0.2) is 0 Å². The number of nitrogens with zero attached hydrogens (tertiary/aromatic N) is 1. The lowest BCUT2D eigenvalue weighted by Crippen LogP contribution is -2.70. The number of carboxylic acid groups (broad SMARTS) is 1. The number of fused-ring (bicyclic) bond motifs is 1. The van der Waals surface area contributed by atoms with E-state index in [1.54, 1.807) is 26.0 Å². The molecule has 23 heavy (non-hydrogen) atoms. The zero-order valence-electron chi connectivity index (χ0n) is 12.6. The van der Waals surface area contributed by atoms with Crippen LogP contribution in [0, 0.1) is 0 Å². The number of carbonyl (C=O) groups is 3. The molecule has 0 aliphatic carbocycles. The molecule has 0 bridgehead atoms. The van der Waals surface area contributed by atoms with Crippen LogP contribution in [0.25, 0.3) is 6.08 Å². The third-order valence-electron chi connectivity index (χ3n) is 3.91. The fourth-order valence-electron chi connectivity index (χ4n) is 2.89. The maximum atomic E-state index is 12.2. The van der Waals surface area contributed by atoms with E-state index in [9.17, 15) is 19.5 Å². The standard InChI is InChI=1S/C15H16N2O5S/c1-15(2)11(14(20)21)17-12(19)10(13(17)23-15)16-9(18)6-5-8-4-3-7-22-8/h3-7,10-11,13H,1-2H3,(H,16,18)(H,20,21)/b6-5+/t10?,11-,13+/m0/s1. The molecule has 0 radical (unpaired) electrons. The quantitative estimate of drug-likeness (QED) is 0.627. The zero-order valence-corrected chi connectivity index (χ0v) is 13.4.